The third-order valence-electron chi connectivity index (χ3n) is 3.03. The second-order valence-electron chi connectivity index (χ2n) is 4.53. The van der Waals surface area contributed by atoms with Crippen molar-refractivity contribution in [2.45, 2.75) is 30.8 Å². The normalized spacial score (nSPS) is 27.9. The van der Waals surface area contributed by atoms with E-state index in [1.54, 1.807) is 0 Å². The molecule has 0 bridgehead atoms. The fourth-order valence-corrected chi connectivity index (χ4v) is 4.79. The Morgan fingerprint density at radius 3 is 2.27 bits per heavy atom. The van der Waals surface area contributed by atoms with E-state index in [1.807, 2.05) is 44.2 Å². The Bertz CT molecular complexity index is 434. The van der Waals surface area contributed by atoms with Crippen molar-refractivity contribution in [1.29, 1.82) is 0 Å². The average molecular weight is 224 g/mol. The Morgan fingerprint density at radius 1 is 1.20 bits per heavy atom. The van der Waals surface area contributed by atoms with Gasteiger partial charge < -0.3 is 0 Å². The maximum Gasteiger partial charge on any atom is 0.159 e. The molecule has 0 saturated carbocycles. The highest BCUT2D eigenvalue weighted by atomic mass is 32.2. The van der Waals surface area contributed by atoms with Gasteiger partial charge in [0.05, 0.1) is 10.5 Å². The van der Waals surface area contributed by atoms with Crippen molar-refractivity contribution in [3.8, 4) is 0 Å². The third kappa shape index (κ3) is 1.93. The van der Waals surface area contributed by atoms with Gasteiger partial charge in [-0.1, -0.05) is 44.2 Å². The summed E-state index contributed by atoms with van der Waals surface area (Å²) in [5.41, 5.74) is 1.12. The highest BCUT2D eigenvalue weighted by molar-refractivity contribution is 8.00. The number of hydrogen-bond donors (Lipinski definition) is 0. The first-order valence-corrected chi connectivity index (χ1v) is 6.91. The van der Waals surface area contributed by atoms with Crippen LogP contribution in [0.3, 0.4) is 0 Å². The van der Waals surface area contributed by atoms with E-state index >= 15 is 0 Å². The molecule has 0 aromatic heterocycles. The monoisotopic (exact) mass is 224 g/mol. The van der Waals surface area contributed by atoms with E-state index in [4.69, 9.17) is 0 Å². The summed E-state index contributed by atoms with van der Waals surface area (Å²) < 4.78 is 23.3. The van der Waals surface area contributed by atoms with E-state index in [9.17, 15) is 8.42 Å². The second-order valence-corrected chi connectivity index (χ2v) is 6.85. The highest BCUT2D eigenvalue weighted by Crippen LogP contribution is 2.40. The van der Waals surface area contributed by atoms with Crippen LogP contribution in [0.1, 0.15) is 19.4 Å². The minimum absolute atomic E-state index is 0.113. The van der Waals surface area contributed by atoms with Crippen LogP contribution >= 0.6 is 0 Å². The third-order valence-corrected chi connectivity index (χ3v) is 5.65. The maximum atomic E-state index is 11.7. The van der Waals surface area contributed by atoms with Crippen LogP contribution in [0, 0.1) is 5.92 Å². The number of hydrogen-bond acceptors (Lipinski definition) is 2. The van der Waals surface area contributed by atoms with Crippen LogP contribution in [0.4, 0.5) is 0 Å². The van der Waals surface area contributed by atoms with Gasteiger partial charge in [-0.15, -0.1) is 0 Å². The maximum absolute atomic E-state index is 11.7. The standard InChI is InChI=1S/C12H16O2S/c1-9(2)12-11(15(12,13)14)8-10-6-4-3-5-7-10/h3-7,9,11-12H,8H2,1-2H3/t11-,12+/m1/s1. The van der Waals surface area contributed by atoms with E-state index in [2.05, 4.69) is 0 Å². The molecule has 15 heavy (non-hydrogen) atoms. The molecule has 0 radical (unpaired) electrons. The fourth-order valence-electron chi connectivity index (χ4n) is 2.23. The van der Waals surface area contributed by atoms with Gasteiger partial charge in [-0.3, -0.25) is 0 Å². The first-order chi connectivity index (χ1) is 7.03. The molecule has 0 amide bonds. The van der Waals surface area contributed by atoms with Crippen LogP contribution in [0.2, 0.25) is 0 Å². The second kappa shape index (κ2) is 3.63. The van der Waals surface area contributed by atoms with Crippen LogP contribution in [0.5, 0.6) is 0 Å². The molecule has 0 aliphatic carbocycles. The van der Waals surface area contributed by atoms with Gasteiger partial charge in [-0.2, -0.15) is 0 Å². The molecular weight excluding hydrogens is 208 g/mol. The number of sulfone groups is 1. The molecule has 2 atom stereocenters. The van der Waals surface area contributed by atoms with Crippen molar-refractivity contribution in [2.75, 3.05) is 0 Å². The van der Waals surface area contributed by atoms with E-state index in [1.165, 1.54) is 0 Å². The van der Waals surface area contributed by atoms with Crippen LogP contribution in [-0.2, 0) is 16.3 Å². The molecule has 1 aliphatic rings. The van der Waals surface area contributed by atoms with Crippen molar-refractivity contribution in [3.05, 3.63) is 35.9 Å². The van der Waals surface area contributed by atoms with E-state index in [0.717, 1.165) is 5.56 Å². The Labute approximate surface area is 91.2 Å². The van der Waals surface area contributed by atoms with Gasteiger partial charge in [-0.05, 0) is 17.9 Å². The van der Waals surface area contributed by atoms with Gasteiger partial charge in [-0.25, -0.2) is 8.42 Å². The van der Waals surface area contributed by atoms with E-state index in [-0.39, 0.29) is 16.4 Å². The zero-order valence-corrected chi connectivity index (χ0v) is 9.87. The van der Waals surface area contributed by atoms with Crippen LogP contribution in [0.25, 0.3) is 0 Å². The summed E-state index contributed by atoms with van der Waals surface area (Å²) in [6, 6.07) is 9.84. The average Bonchev–Trinajstić information content (AvgIpc) is 2.70. The van der Waals surface area contributed by atoms with Crippen molar-refractivity contribution in [1.82, 2.24) is 0 Å². The van der Waals surface area contributed by atoms with Crippen molar-refractivity contribution in [2.24, 2.45) is 5.92 Å². The molecule has 3 heteroatoms. The number of benzene rings is 1. The molecule has 1 fully saturated rings. The van der Waals surface area contributed by atoms with Crippen LogP contribution in [0.15, 0.2) is 30.3 Å². The molecule has 1 aromatic carbocycles. The summed E-state index contributed by atoms with van der Waals surface area (Å²) in [6.07, 6.45) is 0.673. The lowest BCUT2D eigenvalue weighted by atomic mass is 10.0. The predicted molar refractivity (Wildman–Crippen MR) is 61.5 cm³/mol. The Balaban J connectivity index is 2.11. The smallest absolute Gasteiger partial charge is 0.159 e. The zero-order chi connectivity index (χ0) is 11.1. The summed E-state index contributed by atoms with van der Waals surface area (Å²) >= 11 is 0. The minimum Gasteiger partial charge on any atom is -0.228 e. The first kappa shape index (κ1) is 10.7. The molecule has 2 nitrogen and oxygen atoms in total. The lowest BCUT2D eigenvalue weighted by Gasteiger charge is -1.99. The molecule has 1 heterocycles. The Kier molecular flexibility index (Phi) is 2.59. The highest BCUT2D eigenvalue weighted by Gasteiger charge is 2.57. The zero-order valence-electron chi connectivity index (χ0n) is 9.05. The fraction of sp³-hybridized carbons (Fsp3) is 0.500. The van der Waals surface area contributed by atoms with Crippen molar-refractivity contribution in [3.63, 3.8) is 0 Å². The molecule has 1 aliphatic heterocycles. The molecule has 0 unspecified atom stereocenters. The molecule has 0 spiro atoms. The topological polar surface area (TPSA) is 34.1 Å². The lowest BCUT2D eigenvalue weighted by molar-refractivity contribution is 0.598. The van der Waals surface area contributed by atoms with Crippen LogP contribution in [-0.4, -0.2) is 18.9 Å². The number of rotatable bonds is 3. The Hall–Kier alpha value is -0.830. The largest absolute Gasteiger partial charge is 0.228 e. The summed E-state index contributed by atoms with van der Waals surface area (Å²) in [5.74, 6) is 0.240. The van der Waals surface area contributed by atoms with Gasteiger partial charge in [0, 0.05) is 0 Å². The van der Waals surface area contributed by atoms with Gasteiger partial charge in [0.2, 0.25) is 0 Å². The van der Waals surface area contributed by atoms with E-state index in [0.29, 0.717) is 6.42 Å². The van der Waals surface area contributed by atoms with E-state index < -0.39 is 9.84 Å². The molecule has 1 aromatic rings. The molecule has 82 valence electrons. The predicted octanol–water partition coefficient (Wildman–Crippen LogP) is 2.05. The molecule has 1 saturated heterocycles. The SMILES string of the molecule is CC(C)[C@H]1[C@@H](Cc2ccccc2)S1(=O)=O. The van der Waals surface area contributed by atoms with Gasteiger partial charge in [0.1, 0.15) is 0 Å². The van der Waals surface area contributed by atoms with Crippen molar-refractivity contribution < 1.29 is 8.42 Å². The van der Waals surface area contributed by atoms with Crippen molar-refractivity contribution >= 4 is 9.84 Å². The summed E-state index contributed by atoms with van der Waals surface area (Å²) in [6.45, 7) is 3.96. The summed E-state index contributed by atoms with van der Waals surface area (Å²) in [4.78, 5) is 0. The minimum atomic E-state index is -2.80. The van der Waals surface area contributed by atoms with Crippen LogP contribution < -0.4 is 0 Å². The summed E-state index contributed by atoms with van der Waals surface area (Å²) in [5, 5.41) is -0.252. The first-order valence-electron chi connectivity index (χ1n) is 5.30. The quantitative estimate of drug-likeness (QED) is 0.736. The lowest BCUT2D eigenvalue weighted by Crippen LogP contribution is -2.04. The molecule has 2 rings (SSSR count). The van der Waals surface area contributed by atoms with Gasteiger partial charge in [0.15, 0.2) is 9.84 Å². The summed E-state index contributed by atoms with van der Waals surface area (Å²) in [7, 11) is -2.80. The van der Waals surface area contributed by atoms with Gasteiger partial charge >= 0.3 is 0 Å². The molecule has 0 N–H and O–H groups in total. The van der Waals surface area contributed by atoms with Gasteiger partial charge in [0.25, 0.3) is 0 Å². The Morgan fingerprint density at radius 2 is 1.80 bits per heavy atom. The molecular formula is C12H16O2S.